The number of hydrogen-bond donors (Lipinski definition) is 2. The van der Waals surface area contributed by atoms with Crippen LogP contribution in [0.5, 0.6) is 0 Å². The van der Waals surface area contributed by atoms with E-state index in [4.69, 9.17) is 9.88 Å². The van der Waals surface area contributed by atoms with Crippen molar-refractivity contribution in [2.24, 2.45) is 5.14 Å². The van der Waals surface area contributed by atoms with Crippen LogP contribution in [0.25, 0.3) is 0 Å². The Morgan fingerprint density at radius 2 is 1.72 bits per heavy atom. The second-order valence-corrected chi connectivity index (χ2v) is 6.36. The second kappa shape index (κ2) is 5.39. The van der Waals surface area contributed by atoms with E-state index in [2.05, 4.69) is 4.83 Å². The van der Waals surface area contributed by atoms with Crippen LogP contribution in [0.2, 0.25) is 0 Å². The molecule has 0 aromatic carbocycles. The Kier molecular flexibility index (Phi) is 4.54. The van der Waals surface area contributed by atoms with Gasteiger partial charge in [0.2, 0.25) is 0 Å². The standard InChI is InChI=1S/C9H20N4O4S/c1-9(2,3)17-8(14)12-4-6-13(7-5-12)11-18(10,15)16/h11H,4-7H2,1-3H3,(H2,10,15,16). The summed E-state index contributed by atoms with van der Waals surface area (Å²) in [5.74, 6) is 0. The zero-order chi connectivity index (χ0) is 14.0. The predicted molar refractivity (Wildman–Crippen MR) is 65.6 cm³/mol. The van der Waals surface area contributed by atoms with Gasteiger partial charge in [-0.25, -0.2) is 14.9 Å². The van der Waals surface area contributed by atoms with Crippen molar-refractivity contribution >= 4 is 16.3 Å². The molecule has 0 unspecified atom stereocenters. The van der Waals surface area contributed by atoms with Gasteiger partial charge in [-0.1, -0.05) is 0 Å². The average molecular weight is 280 g/mol. The normalized spacial score (nSPS) is 18.8. The fourth-order valence-corrected chi connectivity index (χ4v) is 2.03. The molecule has 0 aromatic rings. The van der Waals surface area contributed by atoms with Crippen LogP contribution in [0.3, 0.4) is 0 Å². The molecule has 1 aliphatic rings. The van der Waals surface area contributed by atoms with Gasteiger partial charge in [0.15, 0.2) is 0 Å². The number of amides is 1. The summed E-state index contributed by atoms with van der Waals surface area (Å²) < 4.78 is 26.9. The maximum atomic E-state index is 11.7. The fraction of sp³-hybridized carbons (Fsp3) is 0.889. The van der Waals surface area contributed by atoms with E-state index in [0.29, 0.717) is 26.2 Å². The quantitative estimate of drug-likeness (QED) is 0.692. The van der Waals surface area contributed by atoms with E-state index in [0.717, 1.165) is 0 Å². The van der Waals surface area contributed by atoms with Crippen LogP contribution >= 0.6 is 0 Å². The van der Waals surface area contributed by atoms with Crippen molar-refractivity contribution in [1.29, 1.82) is 0 Å². The van der Waals surface area contributed by atoms with Gasteiger partial charge in [-0.05, 0) is 20.8 Å². The van der Waals surface area contributed by atoms with E-state index in [-0.39, 0.29) is 0 Å². The van der Waals surface area contributed by atoms with Crippen molar-refractivity contribution in [2.75, 3.05) is 26.2 Å². The molecular formula is C9H20N4O4S. The lowest BCUT2D eigenvalue weighted by Crippen LogP contribution is -2.56. The van der Waals surface area contributed by atoms with Gasteiger partial charge in [0.05, 0.1) is 0 Å². The Morgan fingerprint density at radius 3 is 2.11 bits per heavy atom. The highest BCUT2D eigenvalue weighted by Gasteiger charge is 2.26. The van der Waals surface area contributed by atoms with Gasteiger partial charge in [0.25, 0.3) is 10.2 Å². The van der Waals surface area contributed by atoms with Crippen molar-refractivity contribution in [3.05, 3.63) is 0 Å². The van der Waals surface area contributed by atoms with Gasteiger partial charge in [0, 0.05) is 26.2 Å². The molecule has 1 fully saturated rings. The van der Waals surface area contributed by atoms with Crippen molar-refractivity contribution in [1.82, 2.24) is 14.7 Å². The number of hydrogen-bond acceptors (Lipinski definition) is 5. The molecule has 1 rings (SSSR count). The molecule has 0 atom stereocenters. The van der Waals surface area contributed by atoms with Crippen molar-refractivity contribution in [3.63, 3.8) is 0 Å². The molecule has 0 aliphatic carbocycles. The first-order valence-corrected chi connectivity index (χ1v) is 7.14. The summed E-state index contributed by atoms with van der Waals surface area (Å²) in [5.41, 5.74) is -0.535. The van der Waals surface area contributed by atoms with Crippen LogP contribution in [0, 0.1) is 0 Å². The highest BCUT2D eigenvalue weighted by molar-refractivity contribution is 7.87. The molecule has 106 valence electrons. The molecule has 0 aromatic heterocycles. The van der Waals surface area contributed by atoms with Crippen LogP contribution < -0.4 is 9.97 Å². The zero-order valence-electron chi connectivity index (χ0n) is 10.8. The first-order valence-electron chi connectivity index (χ1n) is 5.60. The summed E-state index contributed by atoms with van der Waals surface area (Å²) in [5, 5.41) is 6.31. The summed E-state index contributed by atoms with van der Waals surface area (Å²) >= 11 is 0. The molecule has 8 nitrogen and oxygen atoms in total. The van der Waals surface area contributed by atoms with E-state index >= 15 is 0 Å². The SMILES string of the molecule is CC(C)(C)OC(=O)N1CCN(NS(N)(=O)=O)CC1. The number of hydrazine groups is 1. The van der Waals surface area contributed by atoms with Crippen molar-refractivity contribution < 1.29 is 17.9 Å². The monoisotopic (exact) mass is 280 g/mol. The minimum Gasteiger partial charge on any atom is -0.444 e. The van der Waals surface area contributed by atoms with Crippen LogP contribution in [0.4, 0.5) is 4.79 Å². The molecule has 1 amide bonds. The predicted octanol–water partition coefficient (Wildman–Crippen LogP) is -0.753. The number of piperazine rings is 1. The summed E-state index contributed by atoms with van der Waals surface area (Å²) in [6.07, 6.45) is -0.391. The van der Waals surface area contributed by atoms with Gasteiger partial charge >= 0.3 is 6.09 Å². The summed E-state index contributed by atoms with van der Waals surface area (Å²) in [6.45, 7) is 6.90. The van der Waals surface area contributed by atoms with Crippen LogP contribution in [0.1, 0.15) is 20.8 Å². The molecular weight excluding hydrogens is 260 g/mol. The molecule has 9 heteroatoms. The first-order chi connectivity index (χ1) is 8.07. The first kappa shape index (κ1) is 15.2. The number of ether oxygens (including phenoxy) is 1. The van der Waals surface area contributed by atoms with Gasteiger partial charge in [0.1, 0.15) is 5.60 Å². The van der Waals surface area contributed by atoms with Gasteiger partial charge in [-0.3, -0.25) is 0 Å². The van der Waals surface area contributed by atoms with E-state index < -0.39 is 21.9 Å². The lowest BCUT2D eigenvalue weighted by molar-refractivity contribution is 0.0127. The number of carbonyl (C=O) groups excluding carboxylic acids is 1. The van der Waals surface area contributed by atoms with E-state index in [1.54, 1.807) is 20.8 Å². The van der Waals surface area contributed by atoms with Crippen molar-refractivity contribution in [3.8, 4) is 0 Å². The summed E-state index contributed by atoms with van der Waals surface area (Å²) in [7, 11) is -3.75. The van der Waals surface area contributed by atoms with Crippen LogP contribution in [0.15, 0.2) is 0 Å². The molecule has 1 heterocycles. The zero-order valence-corrected chi connectivity index (χ0v) is 11.7. The number of carbonyl (C=O) groups is 1. The third-order valence-electron chi connectivity index (χ3n) is 2.19. The molecule has 18 heavy (non-hydrogen) atoms. The Morgan fingerprint density at radius 1 is 1.22 bits per heavy atom. The number of nitrogens with one attached hydrogen (secondary N) is 1. The Labute approximate surface area is 107 Å². The Balaban J connectivity index is 2.42. The highest BCUT2D eigenvalue weighted by atomic mass is 32.2. The maximum Gasteiger partial charge on any atom is 0.410 e. The summed E-state index contributed by atoms with van der Waals surface area (Å²) in [6, 6.07) is 0. The minimum atomic E-state index is -3.75. The molecule has 0 radical (unpaired) electrons. The molecule has 1 saturated heterocycles. The van der Waals surface area contributed by atoms with Crippen LogP contribution in [-0.2, 0) is 14.9 Å². The molecule has 0 saturated carbocycles. The molecule has 0 bridgehead atoms. The minimum absolute atomic E-state index is 0.371. The van der Waals surface area contributed by atoms with Crippen LogP contribution in [-0.4, -0.2) is 56.2 Å². The smallest absolute Gasteiger partial charge is 0.410 e. The lowest BCUT2D eigenvalue weighted by Gasteiger charge is -2.34. The third kappa shape index (κ3) is 5.63. The van der Waals surface area contributed by atoms with Crippen molar-refractivity contribution in [2.45, 2.75) is 26.4 Å². The maximum absolute atomic E-state index is 11.7. The fourth-order valence-electron chi connectivity index (χ4n) is 1.49. The number of nitrogens with zero attached hydrogens (tertiary/aromatic N) is 2. The second-order valence-electron chi connectivity index (χ2n) is 5.09. The third-order valence-corrected chi connectivity index (χ3v) is 2.70. The largest absolute Gasteiger partial charge is 0.444 e. The van der Waals surface area contributed by atoms with E-state index in [1.807, 2.05) is 0 Å². The number of rotatable bonds is 2. The van der Waals surface area contributed by atoms with Gasteiger partial charge in [-0.15, -0.1) is 4.83 Å². The highest BCUT2D eigenvalue weighted by Crippen LogP contribution is 2.11. The molecule has 1 aliphatic heterocycles. The van der Waals surface area contributed by atoms with E-state index in [1.165, 1.54) is 9.91 Å². The number of nitrogens with two attached hydrogens (primary N) is 1. The molecule has 0 spiro atoms. The molecule has 3 N–H and O–H groups in total. The Hall–Kier alpha value is -0.900. The van der Waals surface area contributed by atoms with Gasteiger partial charge in [-0.2, -0.15) is 8.42 Å². The summed E-state index contributed by atoms with van der Waals surface area (Å²) in [4.78, 5) is 15.4. The van der Waals surface area contributed by atoms with Gasteiger partial charge < -0.3 is 9.64 Å². The lowest BCUT2D eigenvalue weighted by atomic mass is 10.2. The van der Waals surface area contributed by atoms with E-state index in [9.17, 15) is 13.2 Å². The Bertz CT molecular complexity index is 395. The topological polar surface area (TPSA) is 105 Å². The average Bonchev–Trinajstić information content (AvgIpc) is 2.13.